The molecule has 190 valence electrons. The lowest BCUT2D eigenvalue weighted by Crippen LogP contribution is -1.95. The zero-order valence-corrected chi connectivity index (χ0v) is 22.8. The first kappa shape index (κ1) is 21.7. The molecule has 0 saturated carbocycles. The highest BCUT2D eigenvalue weighted by molar-refractivity contribution is 7.25. The lowest BCUT2D eigenvalue weighted by molar-refractivity contribution is 1.18. The summed E-state index contributed by atoms with van der Waals surface area (Å²) in [5.41, 5.74) is 6.15. The van der Waals surface area contributed by atoms with Crippen LogP contribution >= 0.6 is 11.3 Å². The molecule has 0 bridgehead atoms. The highest BCUT2D eigenvalue weighted by Gasteiger charge is 2.19. The standard InChI is InChI=1S/C38H22N2S/c1-2-11-24(12-3-1)40-33-16-8-6-14-26(33)29-19-30-28-18-31-27-15-7-9-17-36(27)41-37(31)20-32(28)38-25-13-5-4-10-23(25)22-39(38)34(30)21-35(29)40/h1-22H. The molecule has 0 N–H and O–H groups in total. The molecule has 0 atom stereocenters. The molecule has 6 aromatic carbocycles. The topological polar surface area (TPSA) is 9.34 Å². The highest BCUT2D eigenvalue weighted by atomic mass is 32.1. The van der Waals surface area contributed by atoms with Crippen LogP contribution in [0.1, 0.15) is 0 Å². The number of pyridine rings is 1. The number of hydrogen-bond donors (Lipinski definition) is 0. The fraction of sp³-hybridized carbons (Fsp3) is 0. The zero-order chi connectivity index (χ0) is 26.7. The molecule has 0 spiro atoms. The van der Waals surface area contributed by atoms with Crippen molar-refractivity contribution in [2.75, 3.05) is 0 Å². The Morgan fingerprint density at radius 2 is 1.12 bits per heavy atom. The van der Waals surface area contributed by atoms with Crippen LogP contribution in [0.3, 0.4) is 0 Å². The molecule has 0 aliphatic carbocycles. The van der Waals surface area contributed by atoms with E-state index in [-0.39, 0.29) is 0 Å². The summed E-state index contributed by atoms with van der Waals surface area (Å²) in [5, 5.41) is 11.7. The molecule has 0 amide bonds. The van der Waals surface area contributed by atoms with Crippen molar-refractivity contribution >= 4 is 91.3 Å². The molecule has 0 aliphatic heterocycles. The van der Waals surface area contributed by atoms with Crippen molar-refractivity contribution in [3.63, 3.8) is 0 Å². The summed E-state index contributed by atoms with van der Waals surface area (Å²) < 4.78 is 7.53. The molecule has 0 unspecified atom stereocenters. The Labute approximate surface area is 238 Å². The highest BCUT2D eigenvalue weighted by Crippen LogP contribution is 2.43. The van der Waals surface area contributed by atoms with Crippen molar-refractivity contribution in [3.05, 3.63) is 134 Å². The Hall–Kier alpha value is -5.12. The third-order valence-electron chi connectivity index (χ3n) is 8.85. The molecular weight excluding hydrogens is 516 g/mol. The van der Waals surface area contributed by atoms with E-state index in [0.29, 0.717) is 0 Å². The van der Waals surface area contributed by atoms with Gasteiger partial charge in [-0.15, -0.1) is 11.3 Å². The normalized spacial score (nSPS) is 12.4. The quantitative estimate of drug-likeness (QED) is 0.184. The van der Waals surface area contributed by atoms with Crippen LogP contribution in [0, 0.1) is 0 Å². The monoisotopic (exact) mass is 538 g/mol. The molecular formula is C38H22N2S. The molecule has 0 radical (unpaired) electrons. The van der Waals surface area contributed by atoms with Crippen LogP contribution in [0.5, 0.6) is 0 Å². The van der Waals surface area contributed by atoms with Gasteiger partial charge >= 0.3 is 0 Å². The third kappa shape index (κ3) is 2.81. The second-order valence-corrected chi connectivity index (χ2v) is 12.1. The Morgan fingerprint density at radius 1 is 0.415 bits per heavy atom. The third-order valence-corrected chi connectivity index (χ3v) is 9.98. The van der Waals surface area contributed by atoms with Gasteiger partial charge in [-0.25, -0.2) is 0 Å². The summed E-state index contributed by atoms with van der Waals surface area (Å²) in [6.45, 7) is 0. The Bertz CT molecular complexity index is 2690. The Morgan fingerprint density at radius 3 is 2.02 bits per heavy atom. The minimum atomic E-state index is 1.18. The molecule has 0 saturated heterocycles. The average Bonchev–Trinajstić information content (AvgIpc) is 3.69. The number of rotatable bonds is 1. The fourth-order valence-electron chi connectivity index (χ4n) is 7.09. The molecule has 0 fully saturated rings. The average molecular weight is 539 g/mol. The van der Waals surface area contributed by atoms with Crippen molar-refractivity contribution in [2.45, 2.75) is 0 Å². The van der Waals surface area contributed by atoms with Gasteiger partial charge < -0.3 is 8.97 Å². The van der Waals surface area contributed by atoms with Gasteiger partial charge in [0.05, 0.1) is 22.1 Å². The molecule has 2 nitrogen and oxygen atoms in total. The second-order valence-electron chi connectivity index (χ2n) is 11.0. The maximum Gasteiger partial charge on any atom is 0.0614 e. The van der Waals surface area contributed by atoms with Gasteiger partial charge in [0, 0.05) is 64.4 Å². The summed E-state index contributed by atoms with van der Waals surface area (Å²) in [6.07, 6.45) is 2.32. The molecule has 4 heterocycles. The van der Waals surface area contributed by atoms with Crippen LogP contribution in [0.25, 0.3) is 85.6 Å². The Balaban J connectivity index is 1.49. The van der Waals surface area contributed by atoms with Crippen LogP contribution in [-0.2, 0) is 0 Å². The van der Waals surface area contributed by atoms with Gasteiger partial charge in [-0.05, 0) is 53.9 Å². The van der Waals surface area contributed by atoms with Crippen LogP contribution in [0.4, 0.5) is 0 Å². The number of benzene rings is 6. The summed E-state index contributed by atoms with van der Waals surface area (Å²) in [6, 6.07) is 46.9. The van der Waals surface area contributed by atoms with Crippen molar-refractivity contribution in [3.8, 4) is 5.69 Å². The van der Waals surface area contributed by atoms with Gasteiger partial charge in [-0.3, -0.25) is 0 Å². The number of aromatic nitrogens is 2. The maximum atomic E-state index is 2.45. The van der Waals surface area contributed by atoms with Crippen LogP contribution in [-0.4, -0.2) is 8.97 Å². The van der Waals surface area contributed by atoms with Crippen LogP contribution < -0.4 is 0 Å². The minimum absolute atomic E-state index is 1.18. The van der Waals surface area contributed by atoms with E-state index in [9.17, 15) is 0 Å². The van der Waals surface area contributed by atoms with E-state index >= 15 is 0 Å². The lowest BCUT2D eigenvalue weighted by Gasteiger charge is -2.12. The van der Waals surface area contributed by atoms with E-state index in [0.717, 1.165) is 0 Å². The van der Waals surface area contributed by atoms with E-state index < -0.39 is 0 Å². The first-order chi connectivity index (χ1) is 20.3. The summed E-state index contributed by atoms with van der Waals surface area (Å²) >= 11 is 1.89. The first-order valence-corrected chi connectivity index (χ1v) is 14.8. The summed E-state index contributed by atoms with van der Waals surface area (Å²) in [7, 11) is 0. The van der Waals surface area contributed by atoms with E-state index in [2.05, 4.69) is 143 Å². The number of thiophene rings is 1. The van der Waals surface area contributed by atoms with Gasteiger partial charge in [0.1, 0.15) is 0 Å². The summed E-state index contributed by atoms with van der Waals surface area (Å²) in [4.78, 5) is 0. The largest absolute Gasteiger partial charge is 0.315 e. The van der Waals surface area contributed by atoms with E-state index in [1.807, 2.05) is 11.3 Å². The predicted molar refractivity (Wildman–Crippen MR) is 177 cm³/mol. The number of nitrogens with zero attached hydrogens (tertiary/aromatic N) is 2. The fourth-order valence-corrected chi connectivity index (χ4v) is 8.22. The van der Waals surface area contributed by atoms with Crippen molar-refractivity contribution < 1.29 is 0 Å². The van der Waals surface area contributed by atoms with Crippen LogP contribution in [0.15, 0.2) is 134 Å². The molecule has 4 aromatic heterocycles. The van der Waals surface area contributed by atoms with E-state index in [1.165, 1.54) is 85.6 Å². The van der Waals surface area contributed by atoms with Gasteiger partial charge in [0.2, 0.25) is 0 Å². The van der Waals surface area contributed by atoms with E-state index in [4.69, 9.17) is 0 Å². The van der Waals surface area contributed by atoms with Crippen molar-refractivity contribution in [1.82, 2.24) is 8.97 Å². The molecule has 10 aromatic rings. The molecule has 3 heteroatoms. The van der Waals surface area contributed by atoms with Gasteiger partial charge in [-0.2, -0.15) is 0 Å². The maximum absolute atomic E-state index is 2.45. The van der Waals surface area contributed by atoms with Crippen molar-refractivity contribution in [1.29, 1.82) is 0 Å². The number of hydrogen-bond acceptors (Lipinski definition) is 1. The van der Waals surface area contributed by atoms with Gasteiger partial charge in [-0.1, -0.05) is 78.9 Å². The number of fused-ring (bicyclic) bond motifs is 14. The SMILES string of the molecule is c1ccc(-n2c3ccccc3c3cc4c5cc6c(cc5c5c7ccccc7cn5c4cc32)sc2ccccc26)cc1. The molecule has 0 aliphatic rings. The molecule has 41 heavy (non-hydrogen) atoms. The van der Waals surface area contributed by atoms with Crippen molar-refractivity contribution in [2.24, 2.45) is 0 Å². The smallest absolute Gasteiger partial charge is 0.0614 e. The molecule has 10 rings (SSSR count). The van der Waals surface area contributed by atoms with E-state index in [1.54, 1.807) is 0 Å². The first-order valence-electron chi connectivity index (χ1n) is 14.0. The van der Waals surface area contributed by atoms with Gasteiger partial charge in [0.15, 0.2) is 0 Å². The lowest BCUT2D eigenvalue weighted by atomic mass is 9.99. The van der Waals surface area contributed by atoms with Crippen LogP contribution in [0.2, 0.25) is 0 Å². The summed E-state index contributed by atoms with van der Waals surface area (Å²) in [5.74, 6) is 0. The van der Waals surface area contributed by atoms with Gasteiger partial charge in [0.25, 0.3) is 0 Å². The number of para-hydroxylation sites is 2. The predicted octanol–water partition coefficient (Wildman–Crippen LogP) is 10.9. The Kier molecular flexibility index (Phi) is 4.10. The zero-order valence-electron chi connectivity index (χ0n) is 22.0. The second kappa shape index (κ2) is 7.75. The minimum Gasteiger partial charge on any atom is -0.315 e.